The predicted octanol–water partition coefficient (Wildman–Crippen LogP) is 4.05. The first-order valence-corrected chi connectivity index (χ1v) is 12.6. The molecule has 2 heterocycles. The quantitative estimate of drug-likeness (QED) is 0.430. The second-order valence-corrected chi connectivity index (χ2v) is 10.4. The molecule has 0 radical (unpaired) electrons. The van der Waals surface area contributed by atoms with Crippen LogP contribution in [0.3, 0.4) is 0 Å². The van der Waals surface area contributed by atoms with Gasteiger partial charge in [-0.1, -0.05) is 23.8 Å². The molecule has 0 atom stereocenters. The number of sulfonamides is 1. The van der Waals surface area contributed by atoms with Crippen molar-refractivity contribution in [2.45, 2.75) is 26.1 Å². The lowest BCUT2D eigenvalue weighted by molar-refractivity contribution is -0.137. The Morgan fingerprint density at radius 2 is 1.94 bits per heavy atom. The van der Waals surface area contributed by atoms with Gasteiger partial charge in [-0.25, -0.2) is 13.4 Å². The Morgan fingerprint density at radius 1 is 1.19 bits per heavy atom. The molecule has 3 N–H and O–H groups in total. The van der Waals surface area contributed by atoms with Crippen molar-refractivity contribution in [3.05, 3.63) is 64.8 Å². The minimum Gasteiger partial charge on any atom is -0.365 e. The van der Waals surface area contributed by atoms with Gasteiger partial charge in [-0.05, 0) is 30.7 Å². The van der Waals surface area contributed by atoms with Crippen LogP contribution in [0.2, 0.25) is 0 Å². The van der Waals surface area contributed by atoms with Gasteiger partial charge in [-0.15, -0.1) is 0 Å². The molecular formula is C23H23F3N6O3S. The number of carbonyl (C=O) groups excluding carboxylic acids is 1. The van der Waals surface area contributed by atoms with E-state index < -0.39 is 27.6 Å². The summed E-state index contributed by atoms with van der Waals surface area (Å²) in [7, 11) is -2.22. The zero-order chi connectivity index (χ0) is 26.3. The first-order valence-electron chi connectivity index (χ1n) is 10.7. The average Bonchev–Trinajstić information content (AvgIpc) is 3.17. The number of hydrogen-bond acceptors (Lipinski definition) is 7. The van der Waals surface area contributed by atoms with Crippen LogP contribution in [0.25, 0.3) is 0 Å². The molecule has 1 amide bonds. The lowest BCUT2D eigenvalue weighted by Crippen LogP contribution is -2.26. The molecule has 190 valence electrons. The fourth-order valence-corrected chi connectivity index (χ4v) is 4.33. The molecule has 0 spiro atoms. The third-order valence-electron chi connectivity index (χ3n) is 5.65. The molecule has 1 aliphatic rings. The monoisotopic (exact) mass is 520 g/mol. The minimum absolute atomic E-state index is 0.101. The van der Waals surface area contributed by atoms with Crippen LogP contribution < -0.4 is 20.3 Å². The van der Waals surface area contributed by atoms with Gasteiger partial charge >= 0.3 is 6.18 Å². The molecule has 1 aromatic heterocycles. The van der Waals surface area contributed by atoms with Gasteiger partial charge in [0, 0.05) is 36.7 Å². The molecule has 0 aliphatic carbocycles. The highest BCUT2D eigenvalue weighted by molar-refractivity contribution is 7.92. The SMILES string of the molecule is Cc1ccc(N(C)S(C)(=O)=O)c(CNc2nc(Nc3cccc4c3CC(=O)N4)ncc2C(F)(F)F)c1. The minimum atomic E-state index is -4.73. The number of nitrogens with zero attached hydrogens (tertiary/aromatic N) is 3. The zero-order valence-electron chi connectivity index (χ0n) is 19.6. The van der Waals surface area contributed by atoms with Crippen LogP contribution in [0.5, 0.6) is 0 Å². The van der Waals surface area contributed by atoms with Gasteiger partial charge in [-0.3, -0.25) is 9.10 Å². The van der Waals surface area contributed by atoms with Crippen LogP contribution >= 0.6 is 0 Å². The van der Waals surface area contributed by atoms with E-state index in [1.807, 2.05) is 0 Å². The van der Waals surface area contributed by atoms with Crippen LogP contribution in [0.1, 0.15) is 22.3 Å². The number of halogens is 3. The highest BCUT2D eigenvalue weighted by atomic mass is 32.2. The summed E-state index contributed by atoms with van der Waals surface area (Å²) >= 11 is 0. The van der Waals surface area contributed by atoms with Crippen LogP contribution in [-0.4, -0.2) is 37.6 Å². The molecule has 3 aromatic rings. The molecule has 0 saturated heterocycles. The maximum absolute atomic E-state index is 13.7. The van der Waals surface area contributed by atoms with Gasteiger partial charge in [0.15, 0.2) is 0 Å². The van der Waals surface area contributed by atoms with Gasteiger partial charge < -0.3 is 16.0 Å². The summed E-state index contributed by atoms with van der Waals surface area (Å²) < 4.78 is 66.3. The van der Waals surface area contributed by atoms with Gasteiger partial charge in [-0.2, -0.15) is 18.2 Å². The van der Waals surface area contributed by atoms with E-state index in [9.17, 15) is 26.4 Å². The van der Waals surface area contributed by atoms with Crippen LogP contribution in [0.15, 0.2) is 42.6 Å². The third kappa shape index (κ3) is 5.35. The van der Waals surface area contributed by atoms with Crippen LogP contribution in [0.4, 0.5) is 42.0 Å². The molecular weight excluding hydrogens is 497 g/mol. The van der Waals surface area contributed by atoms with Crippen molar-refractivity contribution < 1.29 is 26.4 Å². The fourth-order valence-electron chi connectivity index (χ4n) is 3.79. The Morgan fingerprint density at radius 3 is 2.64 bits per heavy atom. The normalized spacial score (nSPS) is 13.2. The summed E-state index contributed by atoms with van der Waals surface area (Å²) in [5.41, 5.74) is 2.29. The molecule has 0 fully saturated rings. The second-order valence-electron chi connectivity index (χ2n) is 8.35. The molecule has 0 saturated carbocycles. The standard InChI is InChI=1S/C23H23F3N6O3S/c1-13-7-8-19(32(2)36(3,34)35)14(9-13)11-27-21-16(23(24,25)26)12-28-22(31-21)30-18-6-4-5-17-15(18)10-20(33)29-17/h4-9,12H,10-11H2,1-3H3,(H,29,33)(H2,27,28,30,31). The van der Waals surface area contributed by atoms with E-state index in [1.165, 1.54) is 7.05 Å². The molecule has 13 heteroatoms. The van der Waals surface area contributed by atoms with Gasteiger partial charge in [0.2, 0.25) is 21.9 Å². The van der Waals surface area contributed by atoms with E-state index in [0.717, 1.165) is 16.1 Å². The van der Waals surface area contributed by atoms with Crippen molar-refractivity contribution in [1.82, 2.24) is 9.97 Å². The second kappa shape index (κ2) is 9.30. The first-order chi connectivity index (χ1) is 16.8. The Balaban J connectivity index is 1.66. The van der Waals surface area contributed by atoms with Crippen LogP contribution in [-0.2, 0) is 34.0 Å². The van der Waals surface area contributed by atoms with E-state index in [0.29, 0.717) is 34.4 Å². The topological polar surface area (TPSA) is 116 Å². The molecule has 9 nitrogen and oxygen atoms in total. The van der Waals surface area contributed by atoms with Gasteiger partial charge in [0.25, 0.3) is 0 Å². The number of nitrogens with one attached hydrogen (secondary N) is 3. The average molecular weight is 521 g/mol. The van der Waals surface area contributed by atoms with Crippen molar-refractivity contribution in [1.29, 1.82) is 0 Å². The molecule has 2 aromatic carbocycles. The Labute approximate surface area is 205 Å². The third-order valence-corrected chi connectivity index (χ3v) is 6.84. The number of amides is 1. The fraction of sp³-hybridized carbons (Fsp3) is 0.261. The number of fused-ring (bicyclic) bond motifs is 1. The number of carbonyl (C=O) groups is 1. The summed E-state index contributed by atoms with van der Waals surface area (Å²) in [4.78, 5) is 19.6. The summed E-state index contributed by atoms with van der Waals surface area (Å²) in [6.45, 7) is 1.66. The van der Waals surface area contributed by atoms with Crippen LogP contribution in [0, 0.1) is 6.92 Å². The van der Waals surface area contributed by atoms with Gasteiger partial charge in [0.05, 0.1) is 18.4 Å². The number of benzene rings is 2. The maximum atomic E-state index is 13.7. The number of aryl methyl sites for hydroxylation is 1. The number of anilines is 5. The summed E-state index contributed by atoms with van der Waals surface area (Å²) in [5.74, 6) is -0.768. The Kier molecular flexibility index (Phi) is 6.52. The molecule has 4 rings (SSSR count). The van der Waals surface area contributed by atoms with Crippen molar-refractivity contribution >= 4 is 44.8 Å². The van der Waals surface area contributed by atoms with E-state index in [1.54, 1.807) is 43.3 Å². The highest BCUT2D eigenvalue weighted by Gasteiger charge is 2.35. The summed E-state index contributed by atoms with van der Waals surface area (Å²) in [6, 6.07) is 10.1. The largest absolute Gasteiger partial charge is 0.421 e. The van der Waals surface area contributed by atoms with E-state index >= 15 is 0 Å². The molecule has 0 unspecified atom stereocenters. The number of alkyl halides is 3. The van der Waals surface area contributed by atoms with Crippen molar-refractivity contribution in [2.24, 2.45) is 0 Å². The Hall–Kier alpha value is -3.87. The van der Waals surface area contributed by atoms with Crippen molar-refractivity contribution in [2.75, 3.05) is 33.6 Å². The zero-order valence-corrected chi connectivity index (χ0v) is 20.4. The van der Waals surface area contributed by atoms with E-state index in [-0.39, 0.29) is 24.8 Å². The number of hydrogen-bond donors (Lipinski definition) is 3. The highest BCUT2D eigenvalue weighted by Crippen LogP contribution is 2.36. The Bertz CT molecular complexity index is 1440. The first kappa shape index (κ1) is 25.2. The molecule has 0 bridgehead atoms. The van der Waals surface area contributed by atoms with Crippen molar-refractivity contribution in [3.8, 4) is 0 Å². The summed E-state index contributed by atoms with van der Waals surface area (Å²) in [6.07, 6.45) is -2.90. The molecule has 36 heavy (non-hydrogen) atoms. The van der Waals surface area contributed by atoms with E-state index in [2.05, 4.69) is 25.9 Å². The summed E-state index contributed by atoms with van der Waals surface area (Å²) in [5, 5.41) is 8.29. The number of rotatable bonds is 7. The lowest BCUT2D eigenvalue weighted by atomic mass is 10.1. The maximum Gasteiger partial charge on any atom is 0.421 e. The smallest absolute Gasteiger partial charge is 0.365 e. The van der Waals surface area contributed by atoms with Crippen molar-refractivity contribution in [3.63, 3.8) is 0 Å². The number of aromatic nitrogens is 2. The van der Waals surface area contributed by atoms with Gasteiger partial charge in [0.1, 0.15) is 11.4 Å². The predicted molar refractivity (Wildman–Crippen MR) is 131 cm³/mol. The molecule has 1 aliphatic heterocycles. The van der Waals surface area contributed by atoms with E-state index in [4.69, 9.17) is 0 Å². The lowest BCUT2D eigenvalue weighted by Gasteiger charge is -2.22.